The largest absolute Gasteiger partial charge is 0.489 e. The van der Waals surface area contributed by atoms with Crippen LogP contribution >= 0.6 is 0 Å². The van der Waals surface area contributed by atoms with Crippen LogP contribution in [0.25, 0.3) is 10.9 Å². The van der Waals surface area contributed by atoms with E-state index in [1.807, 2.05) is 37.3 Å². The molecule has 2 fully saturated rings. The monoisotopic (exact) mass is 516 g/mol. The van der Waals surface area contributed by atoms with E-state index in [0.717, 1.165) is 48.1 Å². The molecule has 8 heteroatoms. The highest BCUT2D eigenvalue weighted by molar-refractivity contribution is 5.95. The molecule has 5 rings (SSSR count). The SMILES string of the molecule is Cc1cc(COc2ccc(C(=O)N[C@]3(CC(=O)NO)CC[C@H](N4CCCC4)CC3)cc2)c2ccccc2n1. The van der Waals surface area contributed by atoms with E-state index in [0.29, 0.717) is 36.8 Å². The number of carbonyl (C=O) groups excluding carboxylic acids is 2. The maximum Gasteiger partial charge on any atom is 0.251 e. The molecule has 0 unspecified atom stereocenters. The van der Waals surface area contributed by atoms with E-state index in [1.54, 1.807) is 29.7 Å². The van der Waals surface area contributed by atoms with Crippen LogP contribution in [0.2, 0.25) is 0 Å². The number of hydrogen-bond donors (Lipinski definition) is 3. The molecule has 3 aromatic rings. The van der Waals surface area contributed by atoms with Crippen molar-refractivity contribution in [3.05, 3.63) is 71.4 Å². The van der Waals surface area contributed by atoms with Crippen LogP contribution in [0.1, 0.15) is 66.6 Å². The summed E-state index contributed by atoms with van der Waals surface area (Å²) in [7, 11) is 0. The summed E-state index contributed by atoms with van der Waals surface area (Å²) in [5, 5.41) is 13.4. The van der Waals surface area contributed by atoms with Crippen LogP contribution in [-0.4, -0.2) is 51.6 Å². The molecule has 2 amide bonds. The van der Waals surface area contributed by atoms with E-state index in [-0.39, 0.29) is 12.3 Å². The molecule has 1 saturated heterocycles. The molecule has 200 valence electrons. The van der Waals surface area contributed by atoms with Gasteiger partial charge in [-0.3, -0.25) is 19.8 Å². The summed E-state index contributed by atoms with van der Waals surface area (Å²) in [6.07, 6.45) is 5.79. The number of rotatable bonds is 8. The van der Waals surface area contributed by atoms with Crippen LogP contribution in [-0.2, 0) is 11.4 Å². The number of hydroxylamine groups is 1. The van der Waals surface area contributed by atoms with E-state index in [1.165, 1.54) is 12.8 Å². The lowest BCUT2D eigenvalue weighted by molar-refractivity contribution is -0.131. The molecule has 0 radical (unpaired) electrons. The molecule has 38 heavy (non-hydrogen) atoms. The molecule has 0 bridgehead atoms. The molecular weight excluding hydrogens is 480 g/mol. The smallest absolute Gasteiger partial charge is 0.251 e. The fraction of sp³-hybridized carbons (Fsp3) is 0.433. The third-order valence-electron chi connectivity index (χ3n) is 8.01. The quantitative estimate of drug-likeness (QED) is 0.300. The van der Waals surface area contributed by atoms with Crippen LogP contribution < -0.4 is 15.5 Å². The number of ether oxygens (including phenoxy) is 1. The summed E-state index contributed by atoms with van der Waals surface area (Å²) in [5.41, 5.74) is 4.52. The van der Waals surface area contributed by atoms with Gasteiger partial charge in [0.15, 0.2) is 0 Å². The first-order chi connectivity index (χ1) is 18.4. The Hall–Kier alpha value is -3.49. The Bertz CT molecular complexity index is 1280. The molecular formula is C30H36N4O4. The van der Waals surface area contributed by atoms with Gasteiger partial charge in [0.1, 0.15) is 12.4 Å². The van der Waals surface area contributed by atoms with Gasteiger partial charge in [0.05, 0.1) is 11.9 Å². The standard InChI is InChI=1S/C30H36N4O4/c1-21-18-23(26-6-2-3-7-27(26)31-21)20-38-25-10-8-22(9-11-25)29(36)32-30(19-28(35)33-37)14-12-24(13-15-30)34-16-4-5-17-34/h2-3,6-11,18,24,37H,4-5,12-17,19-20H2,1H3,(H,32,36)(H,33,35)/t24-,30+. The van der Waals surface area contributed by atoms with Crippen molar-refractivity contribution in [3.8, 4) is 5.75 Å². The van der Waals surface area contributed by atoms with Crippen molar-refractivity contribution >= 4 is 22.7 Å². The Morgan fingerprint density at radius 1 is 1.08 bits per heavy atom. The molecule has 2 heterocycles. The van der Waals surface area contributed by atoms with Gasteiger partial charge in [0, 0.05) is 33.8 Å². The Morgan fingerprint density at radius 3 is 2.50 bits per heavy atom. The molecule has 1 aliphatic heterocycles. The Kier molecular flexibility index (Phi) is 7.90. The highest BCUT2D eigenvalue weighted by Crippen LogP contribution is 2.35. The van der Waals surface area contributed by atoms with Crippen molar-refractivity contribution in [2.24, 2.45) is 0 Å². The molecule has 2 aromatic carbocycles. The average molecular weight is 517 g/mol. The first-order valence-corrected chi connectivity index (χ1v) is 13.5. The summed E-state index contributed by atoms with van der Waals surface area (Å²) < 4.78 is 6.04. The van der Waals surface area contributed by atoms with Crippen molar-refractivity contribution in [2.45, 2.75) is 70.1 Å². The number of nitrogens with zero attached hydrogens (tertiary/aromatic N) is 2. The van der Waals surface area contributed by atoms with Crippen LogP contribution in [0, 0.1) is 6.92 Å². The Morgan fingerprint density at radius 2 is 1.79 bits per heavy atom. The minimum atomic E-state index is -0.671. The topological polar surface area (TPSA) is 104 Å². The second kappa shape index (κ2) is 11.5. The second-order valence-electron chi connectivity index (χ2n) is 10.7. The number of pyridine rings is 1. The fourth-order valence-electron chi connectivity index (χ4n) is 6.01. The summed E-state index contributed by atoms with van der Waals surface area (Å²) in [4.78, 5) is 32.5. The number of carbonyl (C=O) groups is 2. The van der Waals surface area contributed by atoms with E-state index in [2.05, 4.69) is 15.2 Å². The second-order valence-corrected chi connectivity index (χ2v) is 10.7. The normalized spacial score (nSPS) is 21.8. The molecule has 0 atom stereocenters. The molecule has 1 aromatic heterocycles. The highest BCUT2D eigenvalue weighted by Gasteiger charge is 2.40. The van der Waals surface area contributed by atoms with Gasteiger partial charge in [-0.05, 0) is 94.9 Å². The highest BCUT2D eigenvalue weighted by atomic mass is 16.5. The molecule has 3 N–H and O–H groups in total. The predicted molar refractivity (Wildman–Crippen MR) is 145 cm³/mol. The zero-order chi connectivity index (χ0) is 26.5. The van der Waals surface area contributed by atoms with E-state index in [9.17, 15) is 9.59 Å². The maximum absolute atomic E-state index is 13.2. The van der Waals surface area contributed by atoms with Crippen LogP contribution in [0.3, 0.4) is 0 Å². The van der Waals surface area contributed by atoms with Crippen molar-refractivity contribution < 1.29 is 19.5 Å². The van der Waals surface area contributed by atoms with Crippen molar-refractivity contribution in [1.82, 2.24) is 20.7 Å². The van der Waals surface area contributed by atoms with Gasteiger partial charge in [-0.25, -0.2) is 5.48 Å². The predicted octanol–water partition coefficient (Wildman–Crippen LogP) is 4.52. The lowest BCUT2D eigenvalue weighted by Crippen LogP contribution is -2.55. The van der Waals surface area contributed by atoms with Crippen molar-refractivity contribution in [3.63, 3.8) is 0 Å². The van der Waals surface area contributed by atoms with E-state index in [4.69, 9.17) is 9.94 Å². The molecule has 2 aliphatic rings. The average Bonchev–Trinajstić information content (AvgIpc) is 3.47. The fourth-order valence-corrected chi connectivity index (χ4v) is 6.01. The van der Waals surface area contributed by atoms with Crippen molar-refractivity contribution in [2.75, 3.05) is 13.1 Å². The molecule has 0 spiro atoms. The van der Waals surface area contributed by atoms with Crippen LogP contribution in [0.5, 0.6) is 5.75 Å². The number of aromatic nitrogens is 1. The van der Waals surface area contributed by atoms with Gasteiger partial charge in [-0.15, -0.1) is 0 Å². The summed E-state index contributed by atoms with van der Waals surface area (Å²) in [6, 6.07) is 17.6. The Balaban J connectivity index is 1.23. The van der Waals surface area contributed by atoms with Crippen LogP contribution in [0.4, 0.5) is 0 Å². The number of nitrogens with one attached hydrogen (secondary N) is 2. The summed E-state index contributed by atoms with van der Waals surface area (Å²) in [6.45, 7) is 4.63. The summed E-state index contributed by atoms with van der Waals surface area (Å²) in [5.74, 6) is -0.0363. The summed E-state index contributed by atoms with van der Waals surface area (Å²) >= 11 is 0. The first-order valence-electron chi connectivity index (χ1n) is 13.5. The van der Waals surface area contributed by atoms with E-state index < -0.39 is 11.4 Å². The third kappa shape index (κ3) is 5.97. The minimum absolute atomic E-state index is 0.0580. The number of likely N-dealkylation sites (tertiary alicyclic amines) is 1. The minimum Gasteiger partial charge on any atom is -0.489 e. The lowest BCUT2D eigenvalue weighted by atomic mass is 9.76. The van der Waals surface area contributed by atoms with Gasteiger partial charge in [-0.2, -0.15) is 0 Å². The van der Waals surface area contributed by atoms with Crippen molar-refractivity contribution in [1.29, 1.82) is 0 Å². The number of amides is 2. The number of benzene rings is 2. The van der Waals surface area contributed by atoms with Gasteiger partial charge < -0.3 is 15.0 Å². The van der Waals surface area contributed by atoms with Crippen LogP contribution in [0.15, 0.2) is 54.6 Å². The Labute approximate surface area is 223 Å². The van der Waals surface area contributed by atoms with Gasteiger partial charge in [0.2, 0.25) is 5.91 Å². The van der Waals surface area contributed by atoms with Gasteiger partial charge in [0.25, 0.3) is 5.91 Å². The molecule has 1 aliphatic carbocycles. The zero-order valence-corrected chi connectivity index (χ0v) is 21.9. The maximum atomic E-state index is 13.2. The lowest BCUT2D eigenvalue weighted by Gasteiger charge is -2.43. The molecule has 1 saturated carbocycles. The molecule has 8 nitrogen and oxygen atoms in total. The van der Waals surface area contributed by atoms with Gasteiger partial charge in [-0.1, -0.05) is 18.2 Å². The third-order valence-corrected chi connectivity index (χ3v) is 8.01. The number of fused-ring (bicyclic) bond motifs is 1. The number of hydrogen-bond acceptors (Lipinski definition) is 6. The number of para-hydroxylation sites is 1. The first kappa shape index (κ1) is 26.1. The zero-order valence-electron chi connectivity index (χ0n) is 21.9. The van der Waals surface area contributed by atoms with E-state index >= 15 is 0 Å². The van der Waals surface area contributed by atoms with Gasteiger partial charge >= 0.3 is 0 Å². The number of aryl methyl sites for hydroxylation is 1.